The van der Waals surface area contributed by atoms with E-state index in [1.54, 1.807) is 11.3 Å². The maximum atomic E-state index is 5.33. The van der Waals surface area contributed by atoms with Crippen molar-refractivity contribution in [1.82, 2.24) is 9.97 Å². The molecular weight excluding hydrogens is 234 g/mol. The first-order valence-corrected chi connectivity index (χ1v) is 6.13. The number of rotatable bonds is 4. The Labute approximate surface area is 104 Å². The number of anilines is 2. The van der Waals surface area contributed by atoms with Crippen LogP contribution in [0, 0.1) is 6.92 Å². The summed E-state index contributed by atoms with van der Waals surface area (Å²) in [5, 5.41) is 2.07. The van der Waals surface area contributed by atoms with Gasteiger partial charge < -0.3 is 4.90 Å². The van der Waals surface area contributed by atoms with Crippen LogP contribution < -0.4 is 16.2 Å². The van der Waals surface area contributed by atoms with Crippen LogP contribution in [-0.4, -0.2) is 17.0 Å². The fraction of sp³-hybridized carbons (Fsp3) is 0.273. The number of hydrogen-bond acceptors (Lipinski definition) is 6. The quantitative estimate of drug-likeness (QED) is 0.638. The van der Waals surface area contributed by atoms with E-state index in [0.29, 0.717) is 5.95 Å². The molecule has 0 amide bonds. The molecule has 0 saturated carbocycles. The van der Waals surface area contributed by atoms with Gasteiger partial charge in [0, 0.05) is 23.7 Å². The van der Waals surface area contributed by atoms with Gasteiger partial charge in [-0.1, -0.05) is 6.07 Å². The van der Waals surface area contributed by atoms with Crippen LogP contribution in [0.4, 0.5) is 11.8 Å². The van der Waals surface area contributed by atoms with E-state index >= 15 is 0 Å². The molecule has 5 nitrogen and oxygen atoms in total. The van der Waals surface area contributed by atoms with E-state index in [9.17, 15) is 0 Å². The molecule has 0 aliphatic carbocycles. The van der Waals surface area contributed by atoms with Crippen molar-refractivity contribution in [2.45, 2.75) is 13.5 Å². The highest BCUT2D eigenvalue weighted by Gasteiger charge is 2.07. The summed E-state index contributed by atoms with van der Waals surface area (Å²) in [7, 11) is 2.00. The average molecular weight is 249 g/mol. The number of nitrogens with two attached hydrogens (primary N) is 1. The first-order valence-electron chi connectivity index (χ1n) is 5.25. The minimum absolute atomic E-state index is 0.443. The number of aromatic nitrogens is 2. The zero-order chi connectivity index (χ0) is 12.3. The lowest BCUT2D eigenvalue weighted by Gasteiger charge is -2.18. The Morgan fingerprint density at radius 1 is 1.47 bits per heavy atom. The molecule has 90 valence electrons. The lowest BCUT2D eigenvalue weighted by molar-refractivity contribution is 0.898. The van der Waals surface area contributed by atoms with Gasteiger partial charge in [0.15, 0.2) is 0 Å². The molecule has 2 heterocycles. The first-order chi connectivity index (χ1) is 8.19. The Morgan fingerprint density at radius 2 is 2.29 bits per heavy atom. The fourth-order valence-electron chi connectivity index (χ4n) is 1.53. The monoisotopic (exact) mass is 249 g/mol. The highest BCUT2D eigenvalue weighted by atomic mass is 32.1. The SMILES string of the molecule is Cc1cc(N(C)Cc2cccs2)nc(NN)n1. The summed E-state index contributed by atoms with van der Waals surface area (Å²) in [6.07, 6.45) is 0. The van der Waals surface area contributed by atoms with E-state index in [1.807, 2.05) is 26.1 Å². The van der Waals surface area contributed by atoms with Crippen molar-refractivity contribution < 1.29 is 0 Å². The summed E-state index contributed by atoms with van der Waals surface area (Å²) in [6, 6.07) is 6.09. The molecule has 0 bridgehead atoms. The Kier molecular flexibility index (Phi) is 3.55. The number of nitrogens with zero attached hydrogens (tertiary/aromatic N) is 3. The number of hydrazine groups is 1. The summed E-state index contributed by atoms with van der Waals surface area (Å²) in [4.78, 5) is 11.8. The van der Waals surface area contributed by atoms with Crippen molar-refractivity contribution in [3.63, 3.8) is 0 Å². The van der Waals surface area contributed by atoms with Crippen LogP contribution in [0.1, 0.15) is 10.6 Å². The molecule has 0 spiro atoms. The number of nitrogens with one attached hydrogen (secondary N) is 1. The van der Waals surface area contributed by atoms with E-state index in [1.165, 1.54) is 4.88 Å². The van der Waals surface area contributed by atoms with Gasteiger partial charge in [-0.05, 0) is 18.4 Å². The molecule has 3 N–H and O–H groups in total. The second kappa shape index (κ2) is 5.11. The van der Waals surface area contributed by atoms with Gasteiger partial charge in [-0.3, -0.25) is 5.43 Å². The Hall–Kier alpha value is -1.66. The van der Waals surface area contributed by atoms with Crippen molar-refractivity contribution in [1.29, 1.82) is 0 Å². The lowest BCUT2D eigenvalue weighted by Crippen LogP contribution is -2.19. The normalized spacial score (nSPS) is 10.3. The Balaban J connectivity index is 2.18. The van der Waals surface area contributed by atoms with E-state index in [0.717, 1.165) is 18.1 Å². The average Bonchev–Trinajstić information content (AvgIpc) is 2.81. The van der Waals surface area contributed by atoms with Crippen LogP contribution in [0.15, 0.2) is 23.6 Å². The maximum absolute atomic E-state index is 5.33. The summed E-state index contributed by atoms with van der Waals surface area (Å²) < 4.78 is 0. The molecule has 0 atom stereocenters. The molecule has 0 unspecified atom stereocenters. The third-order valence-electron chi connectivity index (χ3n) is 2.33. The van der Waals surface area contributed by atoms with E-state index in [-0.39, 0.29) is 0 Å². The first kappa shape index (κ1) is 11.8. The van der Waals surface area contributed by atoms with Crippen molar-refractivity contribution in [3.8, 4) is 0 Å². The molecule has 0 fully saturated rings. The van der Waals surface area contributed by atoms with Gasteiger partial charge >= 0.3 is 0 Å². The number of aryl methyl sites for hydroxylation is 1. The minimum Gasteiger partial charge on any atom is -0.354 e. The maximum Gasteiger partial charge on any atom is 0.239 e. The molecule has 17 heavy (non-hydrogen) atoms. The summed E-state index contributed by atoms with van der Waals surface area (Å²) in [5.41, 5.74) is 3.37. The third kappa shape index (κ3) is 2.92. The fourth-order valence-corrected chi connectivity index (χ4v) is 2.29. The molecule has 0 radical (unpaired) electrons. The number of nitrogen functional groups attached to an aromatic ring is 1. The van der Waals surface area contributed by atoms with Gasteiger partial charge in [-0.15, -0.1) is 11.3 Å². The molecule has 2 aromatic rings. The molecule has 2 rings (SSSR count). The van der Waals surface area contributed by atoms with Crippen LogP contribution in [0.25, 0.3) is 0 Å². The van der Waals surface area contributed by atoms with Crippen LogP contribution in [0.3, 0.4) is 0 Å². The molecule has 6 heteroatoms. The van der Waals surface area contributed by atoms with Gasteiger partial charge in [0.2, 0.25) is 5.95 Å². The number of hydrogen-bond donors (Lipinski definition) is 2. The molecular formula is C11H15N5S. The van der Waals surface area contributed by atoms with Crippen LogP contribution in [0.5, 0.6) is 0 Å². The predicted molar refractivity (Wildman–Crippen MR) is 71.0 cm³/mol. The summed E-state index contributed by atoms with van der Waals surface area (Å²) >= 11 is 1.73. The van der Waals surface area contributed by atoms with Crippen molar-refractivity contribution in [2.75, 3.05) is 17.4 Å². The predicted octanol–water partition coefficient (Wildman–Crippen LogP) is 1.77. The van der Waals surface area contributed by atoms with Gasteiger partial charge in [-0.2, -0.15) is 4.98 Å². The van der Waals surface area contributed by atoms with E-state index < -0.39 is 0 Å². The topological polar surface area (TPSA) is 67.1 Å². The van der Waals surface area contributed by atoms with Crippen LogP contribution in [0.2, 0.25) is 0 Å². The second-order valence-electron chi connectivity index (χ2n) is 3.77. The smallest absolute Gasteiger partial charge is 0.239 e. The largest absolute Gasteiger partial charge is 0.354 e. The summed E-state index contributed by atoms with van der Waals surface area (Å²) in [6.45, 7) is 2.75. The third-order valence-corrected chi connectivity index (χ3v) is 3.20. The molecule has 2 aromatic heterocycles. The van der Waals surface area contributed by atoms with Gasteiger partial charge in [0.05, 0.1) is 6.54 Å². The lowest BCUT2D eigenvalue weighted by atomic mass is 10.4. The van der Waals surface area contributed by atoms with Crippen LogP contribution >= 0.6 is 11.3 Å². The van der Waals surface area contributed by atoms with Gasteiger partial charge in [0.1, 0.15) is 5.82 Å². The highest BCUT2D eigenvalue weighted by molar-refractivity contribution is 7.09. The van der Waals surface area contributed by atoms with Gasteiger partial charge in [-0.25, -0.2) is 10.8 Å². The Bertz CT molecular complexity index is 483. The van der Waals surface area contributed by atoms with E-state index in [4.69, 9.17) is 5.84 Å². The van der Waals surface area contributed by atoms with Crippen molar-refractivity contribution in [3.05, 3.63) is 34.2 Å². The van der Waals surface area contributed by atoms with Crippen molar-refractivity contribution in [2.24, 2.45) is 5.84 Å². The Morgan fingerprint density at radius 3 is 2.94 bits per heavy atom. The molecule has 0 aliphatic heterocycles. The minimum atomic E-state index is 0.443. The molecule has 0 aliphatic rings. The van der Waals surface area contributed by atoms with Gasteiger partial charge in [0.25, 0.3) is 0 Å². The molecule has 0 aromatic carbocycles. The molecule has 0 saturated heterocycles. The van der Waals surface area contributed by atoms with Crippen molar-refractivity contribution >= 4 is 23.1 Å². The zero-order valence-corrected chi connectivity index (χ0v) is 10.7. The standard InChI is InChI=1S/C11H15N5S/c1-8-6-10(14-11(13-8)15-12)16(2)7-9-4-3-5-17-9/h3-6H,7,12H2,1-2H3,(H,13,14,15). The number of thiophene rings is 1. The van der Waals surface area contributed by atoms with E-state index in [2.05, 4.69) is 31.7 Å². The highest BCUT2D eigenvalue weighted by Crippen LogP contribution is 2.17. The van der Waals surface area contributed by atoms with Crippen LogP contribution in [-0.2, 0) is 6.54 Å². The second-order valence-corrected chi connectivity index (χ2v) is 4.80. The zero-order valence-electron chi connectivity index (χ0n) is 9.84. The summed E-state index contributed by atoms with van der Waals surface area (Å²) in [5.74, 6) is 6.63.